The van der Waals surface area contributed by atoms with Crippen molar-refractivity contribution < 1.29 is 0 Å². The van der Waals surface area contributed by atoms with Crippen molar-refractivity contribution in [3.8, 4) is 0 Å². The molecule has 0 amide bonds. The highest BCUT2D eigenvalue weighted by molar-refractivity contribution is 5.81. The van der Waals surface area contributed by atoms with E-state index in [4.69, 9.17) is 5.73 Å². The van der Waals surface area contributed by atoms with E-state index in [9.17, 15) is 0 Å². The van der Waals surface area contributed by atoms with Gasteiger partial charge in [-0.2, -0.15) is 0 Å². The lowest BCUT2D eigenvalue weighted by Crippen LogP contribution is -2.38. The van der Waals surface area contributed by atoms with Gasteiger partial charge in [-0.1, -0.05) is 0 Å². The fourth-order valence-electron chi connectivity index (χ4n) is 2.41. The zero-order chi connectivity index (χ0) is 11.1. The SMILES string of the molecule is CCn1cncc1C1CN=C(N)N1C1CC1. The zero-order valence-electron chi connectivity index (χ0n) is 9.50. The smallest absolute Gasteiger partial charge is 0.192 e. The average molecular weight is 219 g/mol. The van der Waals surface area contributed by atoms with Crippen molar-refractivity contribution in [3.05, 3.63) is 18.2 Å². The lowest BCUT2D eigenvalue weighted by atomic mass is 10.2. The van der Waals surface area contributed by atoms with E-state index in [0.29, 0.717) is 18.0 Å². The van der Waals surface area contributed by atoms with E-state index >= 15 is 0 Å². The van der Waals surface area contributed by atoms with Crippen LogP contribution in [0.4, 0.5) is 0 Å². The Balaban J connectivity index is 1.90. The minimum Gasteiger partial charge on any atom is -0.370 e. The number of nitrogens with zero attached hydrogens (tertiary/aromatic N) is 4. The van der Waals surface area contributed by atoms with E-state index in [1.165, 1.54) is 18.5 Å². The maximum atomic E-state index is 5.95. The summed E-state index contributed by atoms with van der Waals surface area (Å²) in [6.07, 6.45) is 6.31. The highest BCUT2D eigenvalue weighted by Gasteiger charge is 2.39. The van der Waals surface area contributed by atoms with Crippen LogP contribution < -0.4 is 5.73 Å². The predicted molar refractivity (Wildman–Crippen MR) is 62.0 cm³/mol. The molecule has 2 aliphatic rings. The van der Waals surface area contributed by atoms with Gasteiger partial charge in [-0.05, 0) is 19.8 Å². The molecule has 0 bridgehead atoms. The fourth-order valence-corrected chi connectivity index (χ4v) is 2.41. The summed E-state index contributed by atoms with van der Waals surface area (Å²) in [6.45, 7) is 3.85. The molecule has 1 aromatic rings. The summed E-state index contributed by atoms with van der Waals surface area (Å²) in [5.41, 5.74) is 7.19. The van der Waals surface area contributed by atoms with Crippen LogP contribution in [0.5, 0.6) is 0 Å². The van der Waals surface area contributed by atoms with Gasteiger partial charge in [0.25, 0.3) is 0 Å². The monoisotopic (exact) mass is 219 g/mol. The average Bonchev–Trinajstić information content (AvgIpc) is 2.89. The summed E-state index contributed by atoms with van der Waals surface area (Å²) in [5.74, 6) is 0.705. The molecule has 1 aliphatic carbocycles. The normalized spacial score (nSPS) is 24.9. The van der Waals surface area contributed by atoms with E-state index < -0.39 is 0 Å². The van der Waals surface area contributed by atoms with E-state index in [1.54, 1.807) is 0 Å². The quantitative estimate of drug-likeness (QED) is 0.815. The van der Waals surface area contributed by atoms with Crippen LogP contribution in [0.1, 0.15) is 31.5 Å². The molecule has 2 heterocycles. The fraction of sp³-hybridized carbons (Fsp3) is 0.636. The molecule has 16 heavy (non-hydrogen) atoms. The van der Waals surface area contributed by atoms with E-state index in [1.807, 2.05) is 12.5 Å². The zero-order valence-corrected chi connectivity index (χ0v) is 9.50. The summed E-state index contributed by atoms with van der Waals surface area (Å²) >= 11 is 0. The first-order chi connectivity index (χ1) is 7.81. The van der Waals surface area contributed by atoms with E-state index in [-0.39, 0.29) is 0 Å². The number of rotatable bonds is 3. The third kappa shape index (κ3) is 1.38. The van der Waals surface area contributed by atoms with Gasteiger partial charge >= 0.3 is 0 Å². The van der Waals surface area contributed by atoms with Gasteiger partial charge in [0.15, 0.2) is 5.96 Å². The molecule has 1 aliphatic heterocycles. The maximum absolute atomic E-state index is 5.95. The summed E-state index contributed by atoms with van der Waals surface area (Å²) in [6, 6.07) is 0.909. The molecule has 2 N–H and O–H groups in total. The first kappa shape index (κ1) is 9.69. The highest BCUT2D eigenvalue weighted by atomic mass is 15.4. The number of aromatic nitrogens is 2. The van der Waals surface area contributed by atoms with Crippen LogP contribution in [0.3, 0.4) is 0 Å². The van der Waals surface area contributed by atoms with Gasteiger partial charge in [-0.15, -0.1) is 0 Å². The third-order valence-corrected chi connectivity index (χ3v) is 3.39. The molecule has 1 atom stereocenters. The predicted octanol–water partition coefficient (Wildman–Crippen LogP) is 0.737. The largest absolute Gasteiger partial charge is 0.370 e. The minimum atomic E-state index is 0.301. The standard InChI is InChI=1S/C11H17N5/c1-2-15-7-13-5-9(15)10-6-14-11(12)16(10)8-3-4-8/h5,7-8,10H,2-4,6H2,1H3,(H2,12,14). The van der Waals surface area contributed by atoms with Crippen LogP contribution in [-0.2, 0) is 6.54 Å². The summed E-state index contributed by atoms with van der Waals surface area (Å²) in [4.78, 5) is 10.9. The number of guanidine groups is 1. The first-order valence-corrected chi connectivity index (χ1v) is 5.89. The van der Waals surface area contributed by atoms with Crippen molar-refractivity contribution in [3.63, 3.8) is 0 Å². The molecule has 0 aromatic carbocycles. The Kier molecular flexibility index (Phi) is 2.12. The Morgan fingerprint density at radius 1 is 1.50 bits per heavy atom. The van der Waals surface area contributed by atoms with E-state index in [2.05, 4.69) is 26.4 Å². The van der Waals surface area contributed by atoms with Gasteiger partial charge in [-0.3, -0.25) is 4.99 Å². The first-order valence-electron chi connectivity index (χ1n) is 5.89. The van der Waals surface area contributed by atoms with Crippen molar-refractivity contribution >= 4 is 5.96 Å². The molecule has 1 fully saturated rings. The topological polar surface area (TPSA) is 59.4 Å². The lowest BCUT2D eigenvalue weighted by Gasteiger charge is -2.26. The molecule has 1 saturated carbocycles. The molecular weight excluding hydrogens is 202 g/mol. The van der Waals surface area contributed by atoms with Crippen LogP contribution >= 0.6 is 0 Å². The molecule has 5 nitrogen and oxygen atoms in total. The number of imidazole rings is 1. The summed E-state index contributed by atoms with van der Waals surface area (Å²) < 4.78 is 2.17. The van der Waals surface area contributed by atoms with Crippen LogP contribution in [0.15, 0.2) is 17.5 Å². The van der Waals surface area contributed by atoms with Crippen LogP contribution in [0.25, 0.3) is 0 Å². The van der Waals surface area contributed by atoms with E-state index in [0.717, 1.165) is 13.1 Å². The second kappa shape index (κ2) is 3.50. The van der Waals surface area contributed by atoms with Gasteiger partial charge < -0.3 is 15.2 Å². The highest BCUT2D eigenvalue weighted by Crippen LogP contribution is 2.36. The summed E-state index contributed by atoms with van der Waals surface area (Å²) in [7, 11) is 0. The van der Waals surface area contributed by atoms with Crippen LogP contribution in [-0.4, -0.2) is 33.0 Å². The molecule has 1 aromatic heterocycles. The van der Waals surface area contributed by atoms with Gasteiger partial charge in [0.1, 0.15) is 0 Å². The van der Waals surface area contributed by atoms with Crippen LogP contribution in [0.2, 0.25) is 0 Å². The molecule has 3 rings (SSSR count). The molecule has 0 saturated heterocycles. The Hall–Kier alpha value is -1.52. The number of aliphatic imine (C=N–C) groups is 1. The van der Waals surface area contributed by atoms with Crippen LogP contribution in [0, 0.1) is 0 Å². The maximum Gasteiger partial charge on any atom is 0.192 e. The molecular formula is C11H17N5. The lowest BCUT2D eigenvalue weighted by molar-refractivity contribution is 0.324. The minimum absolute atomic E-state index is 0.301. The van der Waals surface area contributed by atoms with Crippen molar-refractivity contribution in [2.24, 2.45) is 10.7 Å². The Labute approximate surface area is 95.0 Å². The third-order valence-electron chi connectivity index (χ3n) is 3.39. The van der Waals surface area contributed by atoms with Crippen molar-refractivity contribution in [2.45, 2.75) is 38.4 Å². The van der Waals surface area contributed by atoms with Gasteiger partial charge in [0, 0.05) is 12.6 Å². The molecule has 1 unspecified atom stereocenters. The van der Waals surface area contributed by atoms with Crippen molar-refractivity contribution in [2.75, 3.05) is 6.54 Å². The van der Waals surface area contributed by atoms with Crippen molar-refractivity contribution in [1.82, 2.24) is 14.5 Å². The molecule has 86 valence electrons. The second-order valence-electron chi connectivity index (χ2n) is 4.46. The molecule has 0 spiro atoms. The Bertz CT molecular complexity index is 418. The number of nitrogens with two attached hydrogens (primary N) is 1. The Morgan fingerprint density at radius 3 is 3.00 bits per heavy atom. The number of hydrogen-bond donors (Lipinski definition) is 1. The van der Waals surface area contributed by atoms with Gasteiger partial charge in [-0.25, -0.2) is 4.98 Å². The second-order valence-corrected chi connectivity index (χ2v) is 4.46. The number of aryl methyl sites for hydroxylation is 1. The molecule has 0 radical (unpaired) electrons. The Morgan fingerprint density at radius 2 is 2.31 bits per heavy atom. The number of hydrogen-bond acceptors (Lipinski definition) is 4. The molecule has 5 heteroatoms. The van der Waals surface area contributed by atoms with Gasteiger partial charge in [0.05, 0.1) is 30.8 Å². The van der Waals surface area contributed by atoms with Gasteiger partial charge in [0.2, 0.25) is 0 Å². The summed E-state index contributed by atoms with van der Waals surface area (Å²) in [5, 5.41) is 0. The van der Waals surface area contributed by atoms with Crippen molar-refractivity contribution in [1.29, 1.82) is 0 Å².